The van der Waals surface area contributed by atoms with Gasteiger partial charge in [0, 0.05) is 46.3 Å². The Bertz CT molecular complexity index is 785. The summed E-state index contributed by atoms with van der Waals surface area (Å²) in [6.07, 6.45) is 4.12. The quantitative estimate of drug-likeness (QED) is 0.701. The summed E-state index contributed by atoms with van der Waals surface area (Å²) in [5.41, 5.74) is -0.390. The Labute approximate surface area is 138 Å². The molecule has 0 unspecified atom stereocenters. The SMILES string of the molecule is [2H]C([2H])(c1ccccn1)N(C([2H])([2H])c1ccccn1)C([2H])([2H])c1ccccn1. The van der Waals surface area contributed by atoms with E-state index in [1.807, 2.05) is 0 Å². The zero-order valence-corrected chi connectivity index (χ0v) is 11.7. The van der Waals surface area contributed by atoms with Crippen molar-refractivity contribution < 1.29 is 8.22 Å². The van der Waals surface area contributed by atoms with Gasteiger partial charge >= 0.3 is 0 Å². The van der Waals surface area contributed by atoms with E-state index in [0.29, 0.717) is 4.90 Å². The molecule has 4 nitrogen and oxygen atoms in total. The summed E-state index contributed by atoms with van der Waals surface area (Å²) in [6, 6.07) is 13.6. The zero-order chi connectivity index (χ0) is 20.4. The van der Waals surface area contributed by atoms with Crippen LogP contribution >= 0.6 is 0 Å². The lowest BCUT2D eigenvalue weighted by Crippen LogP contribution is -2.23. The van der Waals surface area contributed by atoms with Crippen LogP contribution in [0.25, 0.3) is 0 Å². The van der Waals surface area contributed by atoms with E-state index in [-0.39, 0.29) is 17.1 Å². The fourth-order valence-corrected chi connectivity index (χ4v) is 1.71. The van der Waals surface area contributed by atoms with E-state index in [0.717, 1.165) is 0 Å². The molecule has 4 heteroatoms. The number of hydrogen-bond acceptors (Lipinski definition) is 4. The third kappa shape index (κ3) is 4.20. The molecule has 0 N–H and O–H groups in total. The molecule has 0 saturated heterocycles. The molecule has 0 fully saturated rings. The van der Waals surface area contributed by atoms with Gasteiger partial charge in [-0.15, -0.1) is 0 Å². The maximum Gasteiger partial charge on any atom is 0.0544 e. The molecule has 0 bridgehead atoms. The summed E-state index contributed by atoms with van der Waals surface area (Å²) < 4.78 is 51.8. The standard InChI is InChI=1S/C18H18N4/c1-4-10-19-16(7-1)13-22(14-17-8-2-5-11-20-17)15-18-9-3-6-12-21-18/h1-12H,13-15H2/i13D2,14D2,15D2. The maximum absolute atomic E-state index is 8.63. The van der Waals surface area contributed by atoms with Crippen molar-refractivity contribution in [2.75, 3.05) is 0 Å². The van der Waals surface area contributed by atoms with Crippen molar-refractivity contribution in [2.45, 2.75) is 19.5 Å². The molecule has 0 saturated carbocycles. The first-order valence-electron chi connectivity index (χ1n) is 9.73. The molecule has 3 heterocycles. The van der Waals surface area contributed by atoms with Gasteiger partial charge in [-0.05, 0) is 36.4 Å². The van der Waals surface area contributed by atoms with Gasteiger partial charge in [-0.25, -0.2) is 0 Å². The second-order valence-electron chi connectivity index (χ2n) is 4.32. The minimum absolute atomic E-state index is 0.130. The van der Waals surface area contributed by atoms with Crippen LogP contribution in [0.2, 0.25) is 0 Å². The molecule has 3 aromatic heterocycles. The van der Waals surface area contributed by atoms with E-state index in [4.69, 9.17) is 8.22 Å². The number of hydrogen-bond donors (Lipinski definition) is 0. The van der Waals surface area contributed by atoms with Gasteiger partial charge in [0.05, 0.1) is 17.1 Å². The molecule has 0 aliphatic rings. The van der Waals surface area contributed by atoms with Crippen LogP contribution in [0.3, 0.4) is 0 Å². The molecular formula is C18H18N4. The zero-order valence-electron chi connectivity index (χ0n) is 17.7. The fourth-order valence-electron chi connectivity index (χ4n) is 1.71. The first-order valence-corrected chi connectivity index (χ1v) is 6.73. The van der Waals surface area contributed by atoms with Crippen LogP contribution in [-0.2, 0) is 19.5 Å². The highest BCUT2D eigenvalue weighted by atomic mass is 15.1. The first-order chi connectivity index (χ1) is 13.2. The number of nitrogens with zero attached hydrogens (tertiary/aromatic N) is 4. The molecule has 3 rings (SSSR count). The average molecular weight is 296 g/mol. The van der Waals surface area contributed by atoms with Gasteiger partial charge in [0.15, 0.2) is 0 Å². The second kappa shape index (κ2) is 7.43. The van der Waals surface area contributed by atoms with Crippen molar-refractivity contribution in [1.29, 1.82) is 0 Å². The molecule has 3 aromatic rings. The van der Waals surface area contributed by atoms with Gasteiger partial charge in [0.2, 0.25) is 0 Å². The van der Waals surface area contributed by atoms with Crippen LogP contribution in [0.1, 0.15) is 25.3 Å². The predicted octanol–water partition coefficient (Wildman–Crippen LogP) is 3.07. The van der Waals surface area contributed by atoms with E-state index in [1.165, 1.54) is 36.8 Å². The number of pyridine rings is 3. The van der Waals surface area contributed by atoms with E-state index < -0.39 is 19.5 Å². The van der Waals surface area contributed by atoms with Crippen LogP contribution in [0.15, 0.2) is 73.2 Å². The normalized spacial score (nSPS) is 16.8. The van der Waals surface area contributed by atoms with Gasteiger partial charge in [-0.2, -0.15) is 0 Å². The van der Waals surface area contributed by atoms with Gasteiger partial charge in [-0.1, -0.05) is 18.2 Å². The summed E-state index contributed by atoms with van der Waals surface area (Å²) >= 11 is 0. The Hall–Kier alpha value is -2.59. The van der Waals surface area contributed by atoms with Crippen molar-refractivity contribution >= 4 is 0 Å². The second-order valence-corrected chi connectivity index (χ2v) is 4.32. The van der Waals surface area contributed by atoms with Crippen molar-refractivity contribution in [1.82, 2.24) is 19.9 Å². The Morgan fingerprint density at radius 3 is 1.27 bits per heavy atom. The Morgan fingerprint density at radius 2 is 1.00 bits per heavy atom. The fraction of sp³-hybridized carbons (Fsp3) is 0.167. The Balaban J connectivity index is 2.23. The summed E-state index contributed by atoms with van der Waals surface area (Å²) in [5.74, 6) is 0. The molecule has 0 aromatic carbocycles. The predicted molar refractivity (Wildman–Crippen MR) is 85.7 cm³/mol. The molecular weight excluding hydrogens is 272 g/mol. The topological polar surface area (TPSA) is 41.9 Å². The van der Waals surface area contributed by atoms with Crippen molar-refractivity contribution in [2.24, 2.45) is 0 Å². The third-order valence-electron chi connectivity index (χ3n) is 2.67. The minimum Gasteiger partial charge on any atom is -0.286 e. The van der Waals surface area contributed by atoms with Crippen molar-refractivity contribution in [3.63, 3.8) is 0 Å². The summed E-state index contributed by atoms with van der Waals surface area (Å²) in [4.78, 5) is 12.5. The van der Waals surface area contributed by atoms with E-state index in [1.54, 1.807) is 36.4 Å². The maximum atomic E-state index is 8.63. The third-order valence-corrected chi connectivity index (χ3v) is 2.67. The van der Waals surface area contributed by atoms with E-state index in [9.17, 15) is 0 Å². The molecule has 0 spiro atoms. The summed E-state index contributed by atoms with van der Waals surface area (Å²) in [7, 11) is 0. The monoisotopic (exact) mass is 296 g/mol. The number of rotatable bonds is 6. The summed E-state index contributed by atoms with van der Waals surface area (Å²) in [5, 5.41) is 0. The largest absolute Gasteiger partial charge is 0.286 e. The molecule has 0 atom stereocenters. The van der Waals surface area contributed by atoms with Crippen LogP contribution in [0.4, 0.5) is 0 Å². The van der Waals surface area contributed by atoms with Crippen LogP contribution in [-0.4, -0.2) is 19.9 Å². The van der Waals surface area contributed by atoms with Crippen molar-refractivity contribution in [3.05, 3.63) is 90.3 Å². The highest BCUT2D eigenvalue weighted by Gasteiger charge is 2.10. The summed E-state index contributed by atoms with van der Waals surface area (Å²) in [6.45, 7) is -7.87. The molecule has 0 aliphatic heterocycles. The van der Waals surface area contributed by atoms with Crippen LogP contribution < -0.4 is 0 Å². The molecule has 0 amide bonds. The smallest absolute Gasteiger partial charge is 0.0544 e. The van der Waals surface area contributed by atoms with Gasteiger partial charge in [0.25, 0.3) is 0 Å². The average Bonchev–Trinajstić information content (AvgIpc) is 2.69. The van der Waals surface area contributed by atoms with Crippen LogP contribution in [0, 0.1) is 0 Å². The first kappa shape index (κ1) is 8.76. The van der Waals surface area contributed by atoms with Gasteiger partial charge in [-0.3, -0.25) is 19.9 Å². The highest BCUT2D eigenvalue weighted by Crippen LogP contribution is 2.10. The van der Waals surface area contributed by atoms with Gasteiger partial charge < -0.3 is 0 Å². The lowest BCUT2D eigenvalue weighted by Gasteiger charge is -2.21. The van der Waals surface area contributed by atoms with E-state index in [2.05, 4.69) is 15.0 Å². The highest BCUT2D eigenvalue weighted by molar-refractivity contribution is 5.08. The number of aromatic nitrogens is 3. The molecule has 0 radical (unpaired) electrons. The lowest BCUT2D eigenvalue weighted by atomic mass is 10.2. The lowest BCUT2D eigenvalue weighted by molar-refractivity contribution is 0.239. The van der Waals surface area contributed by atoms with E-state index >= 15 is 0 Å². The van der Waals surface area contributed by atoms with Crippen LogP contribution in [0.5, 0.6) is 0 Å². The molecule has 0 aliphatic carbocycles. The molecule has 110 valence electrons. The minimum atomic E-state index is -2.62. The molecule has 22 heavy (non-hydrogen) atoms. The Morgan fingerprint density at radius 1 is 0.636 bits per heavy atom. The van der Waals surface area contributed by atoms with Crippen molar-refractivity contribution in [3.8, 4) is 0 Å². The van der Waals surface area contributed by atoms with Gasteiger partial charge in [0.1, 0.15) is 0 Å². The Kier molecular flexibility index (Phi) is 2.96.